The molecule has 2 aromatic rings. The Morgan fingerprint density at radius 3 is 3.00 bits per heavy atom. The molecular weight excluding hydrogens is 333 g/mol. The van der Waals surface area contributed by atoms with E-state index < -0.39 is 0 Å². The van der Waals surface area contributed by atoms with Crippen LogP contribution in [0.25, 0.3) is 6.08 Å². The van der Waals surface area contributed by atoms with Crippen molar-refractivity contribution in [3.63, 3.8) is 0 Å². The monoisotopic (exact) mass is 355 g/mol. The minimum Gasteiger partial charge on any atom is -0.494 e. The van der Waals surface area contributed by atoms with Crippen LogP contribution in [0.15, 0.2) is 42.5 Å². The van der Waals surface area contributed by atoms with E-state index in [1.807, 2.05) is 26.0 Å². The number of carbonyl (C=O) groups is 1. The second kappa shape index (κ2) is 8.04. The van der Waals surface area contributed by atoms with E-state index in [0.717, 1.165) is 29.0 Å². The highest BCUT2D eigenvalue weighted by Gasteiger charge is 2.21. The van der Waals surface area contributed by atoms with Crippen LogP contribution < -0.4 is 14.8 Å². The van der Waals surface area contributed by atoms with Gasteiger partial charge >= 0.3 is 0 Å². The summed E-state index contributed by atoms with van der Waals surface area (Å²) in [5.74, 6) is 1.02. The summed E-state index contributed by atoms with van der Waals surface area (Å²) < 4.78 is 24.6. The predicted octanol–water partition coefficient (Wildman–Crippen LogP) is 3.88. The first kappa shape index (κ1) is 18.0. The van der Waals surface area contributed by atoms with Gasteiger partial charge in [0.25, 0.3) is 0 Å². The van der Waals surface area contributed by atoms with E-state index in [0.29, 0.717) is 18.7 Å². The van der Waals surface area contributed by atoms with Gasteiger partial charge in [0.1, 0.15) is 23.4 Å². The zero-order valence-electron chi connectivity index (χ0n) is 14.9. The van der Waals surface area contributed by atoms with Gasteiger partial charge in [-0.25, -0.2) is 4.39 Å². The second-order valence-electron chi connectivity index (χ2n) is 6.24. The maximum absolute atomic E-state index is 13.2. The van der Waals surface area contributed by atoms with Crippen molar-refractivity contribution < 1.29 is 18.7 Å². The van der Waals surface area contributed by atoms with E-state index in [4.69, 9.17) is 9.47 Å². The normalized spacial score (nSPS) is 15.6. The minimum atomic E-state index is -0.332. The maximum Gasteiger partial charge on any atom is 0.244 e. The molecule has 1 N–H and O–H groups in total. The molecule has 1 aliphatic rings. The molecule has 26 heavy (non-hydrogen) atoms. The van der Waals surface area contributed by atoms with E-state index in [-0.39, 0.29) is 17.8 Å². The second-order valence-corrected chi connectivity index (χ2v) is 6.24. The molecule has 1 amide bonds. The Labute approximate surface area is 152 Å². The zero-order chi connectivity index (χ0) is 18.5. The maximum atomic E-state index is 13.2. The Bertz CT molecular complexity index is 832. The number of nitrogens with one attached hydrogen (secondary N) is 1. The molecule has 0 aromatic heterocycles. The predicted molar refractivity (Wildman–Crippen MR) is 98.7 cm³/mol. The standard InChI is InChI=1S/C21H22FNO3/c1-3-25-19-11-16-9-14(2)26-20(16)12-17(19)13-23-21(24)8-7-15-5-4-6-18(22)10-15/h4-8,10-12,14H,3,9,13H2,1-2H3,(H,23,24)/b8-7+/t14-/m0/s1. The smallest absolute Gasteiger partial charge is 0.244 e. The third-order valence-electron chi connectivity index (χ3n) is 4.11. The van der Waals surface area contributed by atoms with E-state index in [2.05, 4.69) is 5.32 Å². The molecule has 0 fully saturated rings. The summed E-state index contributed by atoms with van der Waals surface area (Å²) >= 11 is 0. The molecule has 0 aliphatic carbocycles. The number of amides is 1. The molecule has 1 aliphatic heterocycles. The van der Waals surface area contributed by atoms with Gasteiger partial charge in [-0.15, -0.1) is 0 Å². The average Bonchev–Trinajstić information content (AvgIpc) is 2.97. The fourth-order valence-electron chi connectivity index (χ4n) is 2.93. The molecule has 0 saturated heterocycles. The van der Waals surface area contributed by atoms with Crippen molar-refractivity contribution in [1.29, 1.82) is 0 Å². The van der Waals surface area contributed by atoms with Gasteiger partial charge in [0.2, 0.25) is 5.91 Å². The number of fused-ring (bicyclic) bond motifs is 1. The molecule has 4 nitrogen and oxygen atoms in total. The van der Waals surface area contributed by atoms with Gasteiger partial charge in [-0.05, 0) is 49.8 Å². The van der Waals surface area contributed by atoms with Crippen molar-refractivity contribution in [3.05, 3.63) is 65.0 Å². The van der Waals surface area contributed by atoms with Gasteiger partial charge in [-0.2, -0.15) is 0 Å². The summed E-state index contributed by atoms with van der Waals surface area (Å²) in [5.41, 5.74) is 2.63. The number of hydrogen-bond donors (Lipinski definition) is 1. The lowest BCUT2D eigenvalue weighted by Crippen LogP contribution is -2.20. The van der Waals surface area contributed by atoms with Gasteiger partial charge < -0.3 is 14.8 Å². The summed E-state index contributed by atoms with van der Waals surface area (Å²) in [6, 6.07) is 10.00. The highest BCUT2D eigenvalue weighted by Crippen LogP contribution is 2.35. The quantitative estimate of drug-likeness (QED) is 0.800. The molecule has 0 saturated carbocycles. The van der Waals surface area contributed by atoms with Gasteiger partial charge in [-0.3, -0.25) is 4.79 Å². The van der Waals surface area contributed by atoms with Gasteiger partial charge in [0.05, 0.1) is 6.61 Å². The number of carbonyl (C=O) groups excluding carboxylic acids is 1. The van der Waals surface area contributed by atoms with Crippen molar-refractivity contribution in [2.45, 2.75) is 32.9 Å². The SMILES string of the molecule is CCOc1cc2c(cc1CNC(=O)/C=C/c1cccc(F)c1)O[C@@H](C)C2. The fraction of sp³-hybridized carbons (Fsp3) is 0.286. The molecule has 136 valence electrons. The van der Waals surface area contributed by atoms with Gasteiger partial charge in [0.15, 0.2) is 0 Å². The molecule has 2 aromatic carbocycles. The number of ether oxygens (including phenoxy) is 2. The van der Waals surface area contributed by atoms with Gasteiger partial charge in [-0.1, -0.05) is 12.1 Å². The van der Waals surface area contributed by atoms with Crippen LogP contribution in [0, 0.1) is 5.82 Å². The van der Waals surface area contributed by atoms with E-state index in [1.54, 1.807) is 18.2 Å². The Morgan fingerprint density at radius 2 is 2.23 bits per heavy atom. The lowest BCUT2D eigenvalue weighted by atomic mass is 10.1. The summed E-state index contributed by atoms with van der Waals surface area (Å²) in [6.45, 7) is 4.83. The van der Waals surface area contributed by atoms with Crippen LogP contribution >= 0.6 is 0 Å². The first-order valence-corrected chi connectivity index (χ1v) is 8.72. The molecular formula is C21H22FNO3. The van der Waals surface area contributed by atoms with Crippen LogP contribution in [0.3, 0.4) is 0 Å². The van der Waals surface area contributed by atoms with Crippen molar-refractivity contribution in [2.75, 3.05) is 6.61 Å². The van der Waals surface area contributed by atoms with Crippen LogP contribution in [0.4, 0.5) is 4.39 Å². The van der Waals surface area contributed by atoms with Crippen LogP contribution in [0.2, 0.25) is 0 Å². The molecule has 0 bridgehead atoms. The molecule has 1 heterocycles. The van der Waals surface area contributed by atoms with Crippen molar-refractivity contribution in [3.8, 4) is 11.5 Å². The van der Waals surface area contributed by atoms with Crippen molar-refractivity contribution >= 4 is 12.0 Å². The van der Waals surface area contributed by atoms with Crippen LogP contribution in [-0.2, 0) is 17.8 Å². The highest BCUT2D eigenvalue weighted by atomic mass is 19.1. The molecule has 1 atom stereocenters. The largest absolute Gasteiger partial charge is 0.494 e. The molecule has 0 spiro atoms. The lowest BCUT2D eigenvalue weighted by Gasteiger charge is -2.13. The highest BCUT2D eigenvalue weighted by molar-refractivity contribution is 5.91. The third-order valence-corrected chi connectivity index (χ3v) is 4.11. The number of hydrogen-bond acceptors (Lipinski definition) is 3. The Kier molecular flexibility index (Phi) is 5.56. The zero-order valence-corrected chi connectivity index (χ0v) is 14.9. The number of benzene rings is 2. The molecule has 0 unspecified atom stereocenters. The van der Waals surface area contributed by atoms with Crippen molar-refractivity contribution in [1.82, 2.24) is 5.32 Å². The Morgan fingerprint density at radius 1 is 1.38 bits per heavy atom. The van der Waals surface area contributed by atoms with E-state index >= 15 is 0 Å². The van der Waals surface area contributed by atoms with Gasteiger partial charge in [0, 0.05) is 30.2 Å². The van der Waals surface area contributed by atoms with E-state index in [9.17, 15) is 9.18 Å². The topological polar surface area (TPSA) is 47.6 Å². The number of halogens is 1. The van der Waals surface area contributed by atoms with Crippen LogP contribution in [-0.4, -0.2) is 18.6 Å². The molecule has 3 rings (SSSR count). The summed E-state index contributed by atoms with van der Waals surface area (Å²) in [6.07, 6.45) is 3.98. The number of rotatable bonds is 6. The average molecular weight is 355 g/mol. The first-order chi connectivity index (χ1) is 12.5. The Hall–Kier alpha value is -2.82. The van der Waals surface area contributed by atoms with Crippen LogP contribution in [0.1, 0.15) is 30.5 Å². The summed E-state index contributed by atoms with van der Waals surface area (Å²) in [4.78, 5) is 12.1. The molecule has 0 radical (unpaired) electrons. The summed E-state index contributed by atoms with van der Waals surface area (Å²) in [5, 5.41) is 2.83. The van der Waals surface area contributed by atoms with Crippen molar-refractivity contribution in [2.24, 2.45) is 0 Å². The fourth-order valence-corrected chi connectivity index (χ4v) is 2.93. The lowest BCUT2D eigenvalue weighted by molar-refractivity contribution is -0.116. The Balaban J connectivity index is 1.67. The minimum absolute atomic E-state index is 0.151. The van der Waals surface area contributed by atoms with E-state index in [1.165, 1.54) is 18.2 Å². The summed E-state index contributed by atoms with van der Waals surface area (Å²) in [7, 11) is 0. The van der Waals surface area contributed by atoms with Crippen LogP contribution in [0.5, 0.6) is 11.5 Å². The third kappa shape index (κ3) is 4.42. The first-order valence-electron chi connectivity index (χ1n) is 8.72. The molecule has 5 heteroatoms.